The van der Waals surface area contributed by atoms with Gasteiger partial charge in [-0.05, 0) is 25.2 Å². The fraction of sp³-hybridized carbons (Fsp3) is 0.778. The molecule has 3 N–H and O–H groups in total. The van der Waals surface area contributed by atoms with Gasteiger partial charge < -0.3 is 20.9 Å². The molecule has 2 aliphatic rings. The molecule has 2 atom stereocenters. The predicted molar refractivity (Wildman–Crippen MR) is 101 cm³/mol. The van der Waals surface area contributed by atoms with E-state index >= 15 is 0 Å². The normalized spacial score (nSPS) is 23.2. The van der Waals surface area contributed by atoms with E-state index in [-0.39, 0.29) is 24.0 Å². The van der Waals surface area contributed by atoms with Crippen molar-refractivity contribution >= 4 is 11.9 Å². The zero-order valence-electron chi connectivity index (χ0n) is 16.3. The Morgan fingerprint density at radius 1 is 1.33 bits per heavy atom. The molecule has 1 aliphatic heterocycles. The second-order valence-electron chi connectivity index (χ2n) is 7.70. The van der Waals surface area contributed by atoms with E-state index in [1.807, 2.05) is 6.20 Å². The molecule has 150 valence electrons. The molecule has 1 aromatic rings. The Balaban J connectivity index is 1.45. The summed E-state index contributed by atoms with van der Waals surface area (Å²) < 4.78 is 1.79. The van der Waals surface area contributed by atoms with Gasteiger partial charge in [0, 0.05) is 27.2 Å². The molecule has 2 heterocycles. The second-order valence-corrected chi connectivity index (χ2v) is 7.70. The van der Waals surface area contributed by atoms with Crippen molar-refractivity contribution in [2.45, 2.75) is 57.2 Å². The Bertz CT molecular complexity index is 641. The van der Waals surface area contributed by atoms with Crippen LogP contribution in [0.5, 0.6) is 0 Å². The van der Waals surface area contributed by atoms with Crippen LogP contribution in [0.3, 0.4) is 0 Å². The van der Waals surface area contributed by atoms with E-state index in [1.165, 1.54) is 32.1 Å². The van der Waals surface area contributed by atoms with E-state index in [0.29, 0.717) is 25.4 Å². The number of urea groups is 1. The van der Waals surface area contributed by atoms with Crippen molar-refractivity contribution in [2.75, 3.05) is 27.2 Å². The lowest BCUT2D eigenvalue weighted by Crippen LogP contribution is -2.39. The number of carbonyl (C=O) groups is 2. The van der Waals surface area contributed by atoms with Crippen LogP contribution in [0.4, 0.5) is 4.79 Å². The van der Waals surface area contributed by atoms with E-state index in [1.54, 1.807) is 23.7 Å². The number of aromatic nitrogens is 3. The SMILES string of the molecule is CNC(=O)[C@@H]1C[C@@H](n2cc(CN(C)C(=O)NCC3CCCCC3)nn2)CN1. The molecule has 27 heavy (non-hydrogen) atoms. The largest absolute Gasteiger partial charge is 0.358 e. The third-order valence-electron chi connectivity index (χ3n) is 5.61. The van der Waals surface area contributed by atoms with Gasteiger partial charge in [-0.1, -0.05) is 24.5 Å². The summed E-state index contributed by atoms with van der Waals surface area (Å²) in [7, 11) is 3.41. The van der Waals surface area contributed by atoms with Gasteiger partial charge in [0.2, 0.25) is 5.91 Å². The summed E-state index contributed by atoms with van der Waals surface area (Å²) in [6.45, 7) is 1.85. The quantitative estimate of drug-likeness (QED) is 0.675. The van der Waals surface area contributed by atoms with Crippen LogP contribution in [0.2, 0.25) is 0 Å². The van der Waals surface area contributed by atoms with Gasteiger partial charge in [0.15, 0.2) is 0 Å². The van der Waals surface area contributed by atoms with Crippen molar-refractivity contribution in [3.63, 3.8) is 0 Å². The van der Waals surface area contributed by atoms with Gasteiger partial charge in [-0.25, -0.2) is 9.48 Å². The fourth-order valence-electron chi connectivity index (χ4n) is 3.93. The third-order valence-corrected chi connectivity index (χ3v) is 5.61. The average molecular weight is 377 g/mol. The van der Waals surface area contributed by atoms with E-state index in [9.17, 15) is 9.59 Å². The van der Waals surface area contributed by atoms with Crippen LogP contribution in [-0.2, 0) is 11.3 Å². The zero-order chi connectivity index (χ0) is 19.2. The van der Waals surface area contributed by atoms with Crippen LogP contribution < -0.4 is 16.0 Å². The predicted octanol–water partition coefficient (Wildman–Crippen LogP) is 0.649. The highest BCUT2D eigenvalue weighted by Gasteiger charge is 2.30. The number of nitrogens with zero attached hydrogens (tertiary/aromatic N) is 4. The standard InChI is InChI=1S/C18H31N7O2/c1-19-17(26)16-8-15(10-20-16)25-12-14(22-23-25)11-24(2)18(27)21-9-13-6-4-3-5-7-13/h12-13,15-16,20H,3-11H2,1-2H3,(H,19,26)(H,21,27)/t15-,16+/m1/s1. The minimum absolute atomic E-state index is 0.00721. The molecule has 3 amide bonds. The van der Waals surface area contributed by atoms with Gasteiger partial charge in [-0.15, -0.1) is 5.10 Å². The second kappa shape index (κ2) is 9.16. The Morgan fingerprint density at radius 2 is 2.11 bits per heavy atom. The molecule has 0 bridgehead atoms. The first-order valence-corrected chi connectivity index (χ1v) is 9.91. The first kappa shape index (κ1) is 19.6. The molecular weight excluding hydrogens is 346 g/mol. The molecule has 1 saturated carbocycles. The van der Waals surface area contributed by atoms with E-state index in [0.717, 1.165) is 12.2 Å². The van der Waals surface area contributed by atoms with E-state index in [4.69, 9.17) is 0 Å². The molecule has 1 aromatic heterocycles. The molecule has 0 aromatic carbocycles. The number of hydrogen-bond acceptors (Lipinski definition) is 5. The van der Waals surface area contributed by atoms with Gasteiger partial charge in [0.05, 0.1) is 24.8 Å². The van der Waals surface area contributed by atoms with Crippen molar-refractivity contribution in [1.29, 1.82) is 0 Å². The summed E-state index contributed by atoms with van der Waals surface area (Å²) in [5, 5.41) is 17.3. The molecule has 2 fully saturated rings. The number of nitrogens with one attached hydrogen (secondary N) is 3. The maximum Gasteiger partial charge on any atom is 0.317 e. The number of rotatable bonds is 6. The molecule has 1 saturated heterocycles. The molecule has 1 aliphatic carbocycles. The van der Waals surface area contributed by atoms with Crippen molar-refractivity contribution in [3.05, 3.63) is 11.9 Å². The highest BCUT2D eigenvalue weighted by atomic mass is 16.2. The number of carbonyl (C=O) groups excluding carboxylic acids is 2. The molecule has 9 heteroatoms. The Kier molecular flexibility index (Phi) is 6.65. The molecule has 0 radical (unpaired) electrons. The lowest BCUT2D eigenvalue weighted by molar-refractivity contribution is -0.122. The topological polar surface area (TPSA) is 104 Å². The van der Waals surface area contributed by atoms with Crippen molar-refractivity contribution in [1.82, 2.24) is 35.8 Å². The summed E-state index contributed by atoms with van der Waals surface area (Å²) >= 11 is 0. The van der Waals surface area contributed by atoms with Gasteiger partial charge >= 0.3 is 6.03 Å². The summed E-state index contributed by atoms with van der Waals surface area (Å²) in [6, 6.07) is -0.169. The summed E-state index contributed by atoms with van der Waals surface area (Å²) in [5.41, 5.74) is 0.744. The van der Waals surface area contributed by atoms with Crippen molar-refractivity contribution in [3.8, 4) is 0 Å². The zero-order valence-corrected chi connectivity index (χ0v) is 16.3. The van der Waals surface area contributed by atoms with Crippen LogP contribution in [-0.4, -0.2) is 65.1 Å². The molecule has 0 spiro atoms. The maximum atomic E-state index is 12.3. The van der Waals surface area contributed by atoms with Crippen LogP contribution in [0.25, 0.3) is 0 Å². The first-order valence-electron chi connectivity index (χ1n) is 9.91. The van der Waals surface area contributed by atoms with Gasteiger partial charge in [0.25, 0.3) is 0 Å². The maximum absolute atomic E-state index is 12.3. The molecule has 0 unspecified atom stereocenters. The van der Waals surface area contributed by atoms with Crippen molar-refractivity contribution in [2.24, 2.45) is 5.92 Å². The summed E-state index contributed by atoms with van der Waals surface area (Å²) in [5.74, 6) is 0.604. The lowest BCUT2D eigenvalue weighted by Gasteiger charge is -2.23. The lowest BCUT2D eigenvalue weighted by atomic mass is 9.89. The van der Waals surface area contributed by atoms with Gasteiger partial charge in [-0.3, -0.25) is 4.79 Å². The van der Waals surface area contributed by atoms with Gasteiger partial charge in [0.1, 0.15) is 5.69 Å². The summed E-state index contributed by atoms with van der Waals surface area (Å²) in [6.07, 6.45) is 8.84. The highest BCUT2D eigenvalue weighted by molar-refractivity contribution is 5.81. The van der Waals surface area contributed by atoms with Gasteiger partial charge in [-0.2, -0.15) is 0 Å². The molecule has 3 rings (SSSR count). The van der Waals surface area contributed by atoms with E-state index in [2.05, 4.69) is 26.3 Å². The first-order chi connectivity index (χ1) is 13.1. The smallest absolute Gasteiger partial charge is 0.317 e. The number of hydrogen-bond donors (Lipinski definition) is 3. The third kappa shape index (κ3) is 5.18. The minimum atomic E-state index is -0.194. The van der Waals surface area contributed by atoms with Crippen molar-refractivity contribution < 1.29 is 9.59 Å². The van der Waals surface area contributed by atoms with Crippen LogP contribution in [0.15, 0.2) is 6.20 Å². The summed E-state index contributed by atoms with van der Waals surface area (Å²) in [4.78, 5) is 25.7. The Labute approximate surface area is 160 Å². The average Bonchev–Trinajstić information content (AvgIpc) is 3.35. The molecular formula is C18H31N7O2. The van der Waals surface area contributed by atoms with Crippen LogP contribution in [0.1, 0.15) is 50.3 Å². The molecule has 9 nitrogen and oxygen atoms in total. The van der Waals surface area contributed by atoms with E-state index < -0.39 is 0 Å². The Morgan fingerprint density at radius 3 is 2.85 bits per heavy atom. The monoisotopic (exact) mass is 377 g/mol. The minimum Gasteiger partial charge on any atom is -0.358 e. The Hall–Kier alpha value is -2.16. The highest BCUT2D eigenvalue weighted by Crippen LogP contribution is 2.23. The van der Waals surface area contributed by atoms with Crippen LogP contribution >= 0.6 is 0 Å². The van der Waals surface area contributed by atoms with Crippen LogP contribution in [0, 0.1) is 5.92 Å². The fourth-order valence-corrected chi connectivity index (χ4v) is 3.93. The number of amides is 3. The number of likely N-dealkylation sites (N-methyl/N-ethyl adjacent to an activating group) is 1.